The first-order chi connectivity index (χ1) is 8.78. The number of rotatable bonds is 2. The first kappa shape index (κ1) is 12.4. The van der Waals surface area contributed by atoms with Gasteiger partial charge < -0.3 is 16.0 Å². The van der Waals surface area contributed by atoms with E-state index in [1.54, 1.807) is 11.3 Å². The van der Waals surface area contributed by atoms with Gasteiger partial charge >= 0.3 is 0 Å². The van der Waals surface area contributed by atoms with Gasteiger partial charge in [0.05, 0.1) is 5.69 Å². The lowest BCUT2D eigenvalue weighted by atomic mass is 9.87. The number of thiazole rings is 1. The van der Waals surface area contributed by atoms with E-state index in [2.05, 4.69) is 22.1 Å². The van der Waals surface area contributed by atoms with Gasteiger partial charge in [-0.2, -0.15) is 0 Å². The van der Waals surface area contributed by atoms with Crippen molar-refractivity contribution in [1.29, 1.82) is 0 Å². The molecule has 2 atom stereocenters. The maximum absolute atomic E-state index is 5.87. The first-order valence-electron chi connectivity index (χ1n) is 6.98. The molecular formula is C13H22N4S. The molecule has 0 aliphatic carbocycles. The summed E-state index contributed by atoms with van der Waals surface area (Å²) in [7, 11) is 0. The van der Waals surface area contributed by atoms with Gasteiger partial charge in [-0.3, -0.25) is 0 Å². The second-order valence-corrected chi connectivity index (χ2v) is 6.40. The molecule has 3 rings (SSSR count). The van der Waals surface area contributed by atoms with Crippen LogP contribution in [0.5, 0.6) is 0 Å². The van der Waals surface area contributed by atoms with Gasteiger partial charge in [-0.15, -0.1) is 11.3 Å². The molecule has 5 heteroatoms. The Balaban J connectivity index is 1.80. The van der Waals surface area contributed by atoms with E-state index in [1.807, 2.05) is 0 Å². The van der Waals surface area contributed by atoms with Gasteiger partial charge in [0, 0.05) is 30.4 Å². The number of nitrogens with two attached hydrogens (primary N) is 1. The molecule has 0 aromatic carbocycles. The Morgan fingerprint density at radius 1 is 1.56 bits per heavy atom. The van der Waals surface area contributed by atoms with Crippen molar-refractivity contribution >= 4 is 16.5 Å². The van der Waals surface area contributed by atoms with E-state index in [1.165, 1.54) is 43.0 Å². The summed E-state index contributed by atoms with van der Waals surface area (Å²) in [6.07, 6.45) is 3.68. The SMILES string of the molecule is CCN1CCC[C@@H]([C@H]2NCCc3nc(N)sc32)C1. The van der Waals surface area contributed by atoms with Crippen molar-refractivity contribution in [3.63, 3.8) is 0 Å². The predicted octanol–water partition coefficient (Wildman–Crippen LogP) is 1.64. The van der Waals surface area contributed by atoms with Crippen LogP contribution in [0.1, 0.15) is 36.4 Å². The number of hydrogen-bond donors (Lipinski definition) is 2. The third-order valence-corrected chi connectivity index (χ3v) is 5.22. The second kappa shape index (κ2) is 5.15. The van der Waals surface area contributed by atoms with Crippen molar-refractivity contribution in [2.24, 2.45) is 5.92 Å². The lowest BCUT2D eigenvalue weighted by molar-refractivity contribution is 0.151. The molecule has 3 N–H and O–H groups in total. The van der Waals surface area contributed by atoms with Crippen molar-refractivity contribution < 1.29 is 0 Å². The van der Waals surface area contributed by atoms with Crippen LogP contribution in [0.25, 0.3) is 0 Å². The summed E-state index contributed by atoms with van der Waals surface area (Å²) in [6.45, 7) is 6.94. The Hall–Kier alpha value is -0.650. The van der Waals surface area contributed by atoms with Crippen LogP contribution in [0.4, 0.5) is 5.13 Å². The molecule has 1 saturated heterocycles. The molecule has 1 fully saturated rings. The van der Waals surface area contributed by atoms with Crippen LogP contribution in [0.2, 0.25) is 0 Å². The number of hydrogen-bond acceptors (Lipinski definition) is 5. The lowest BCUT2D eigenvalue weighted by Crippen LogP contribution is -2.43. The standard InChI is InChI=1S/C13H22N4S/c1-2-17-7-3-4-9(8-17)11-12-10(5-6-15-11)16-13(14)18-12/h9,11,15H,2-8H2,1H3,(H2,14,16)/t9-,11-/m1/s1. The average Bonchev–Trinajstić information content (AvgIpc) is 2.78. The van der Waals surface area contributed by atoms with Gasteiger partial charge in [0.25, 0.3) is 0 Å². The summed E-state index contributed by atoms with van der Waals surface area (Å²) in [4.78, 5) is 8.45. The number of piperidine rings is 1. The molecule has 4 nitrogen and oxygen atoms in total. The molecule has 0 unspecified atom stereocenters. The summed E-state index contributed by atoms with van der Waals surface area (Å²) in [5.41, 5.74) is 7.12. The molecule has 0 saturated carbocycles. The molecule has 2 aliphatic heterocycles. The van der Waals surface area contributed by atoms with Crippen molar-refractivity contribution in [2.45, 2.75) is 32.2 Å². The quantitative estimate of drug-likeness (QED) is 0.854. The van der Waals surface area contributed by atoms with E-state index < -0.39 is 0 Å². The van der Waals surface area contributed by atoms with Crippen LogP contribution < -0.4 is 11.1 Å². The average molecular weight is 266 g/mol. The van der Waals surface area contributed by atoms with Crippen LogP contribution in [0, 0.1) is 5.92 Å². The van der Waals surface area contributed by atoms with Crippen molar-refractivity contribution in [3.8, 4) is 0 Å². The fourth-order valence-electron chi connectivity index (χ4n) is 3.27. The van der Waals surface area contributed by atoms with Gasteiger partial charge in [-0.05, 0) is 31.8 Å². The number of likely N-dealkylation sites (tertiary alicyclic amines) is 1. The van der Waals surface area contributed by atoms with Crippen LogP contribution >= 0.6 is 11.3 Å². The molecule has 0 radical (unpaired) electrons. The maximum atomic E-state index is 5.87. The molecule has 18 heavy (non-hydrogen) atoms. The smallest absolute Gasteiger partial charge is 0.180 e. The molecular weight excluding hydrogens is 244 g/mol. The van der Waals surface area contributed by atoms with Crippen LogP contribution in [-0.4, -0.2) is 36.1 Å². The highest BCUT2D eigenvalue weighted by atomic mass is 32.1. The van der Waals surface area contributed by atoms with Gasteiger partial charge in [-0.25, -0.2) is 4.98 Å². The van der Waals surface area contributed by atoms with Crippen LogP contribution in [0.3, 0.4) is 0 Å². The van der Waals surface area contributed by atoms with E-state index in [-0.39, 0.29) is 0 Å². The molecule has 0 amide bonds. The minimum absolute atomic E-state index is 0.484. The zero-order valence-corrected chi connectivity index (χ0v) is 11.8. The van der Waals surface area contributed by atoms with Gasteiger partial charge in [0.15, 0.2) is 5.13 Å². The van der Waals surface area contributed by atoms with Crippen LogP contribution in [-0.2, 0) is 6.42 Å². The monoisotopic (exact) mass is 266 g/mol. The minimum atomic E-state index is 0.484. The van der Waals surface area contributed by atoms with Crippen molar-refractivity contribution in [3.05, 3.63) is 10.6 Å². The van der Waals surface area contributed by atoms with E-state index in [9.17, 15) is 0 Å². The Morgan fingerprint density at radius 3 is 3.28 bits per heavy atom. The Bertz CT molecular complexity index is 417. The highest BCUT2D eigenvalue weighted by Crippen LogP contribution is 2.37. The Morgan fingerprint density at radius 2 is 2.44 bits per heavy atom. The number of nitrogens with zero attached hydrogens (tertiary/aromatic N) is 2. The maximum Gasteiger partial charge on any atom is 0.180 e. The molecule has 0 bridgehead atoms. The van der Waals surface area contributed by atoms with E-state index in [0.29, 0.717) is 6.04 Å². The topological polar surface area (TPSA) is 54.2 Å². The van der Waals surface area contributed by atoms with Crippen molar-refractivity contribution in [1.82, 2.24) is 15.2 Å². The number of nitrogen functional groups attached to an aromatic ring is 1. The first-order valence-corrected chi connectivity index (χ1v) is 7.80. The highest BCUT2D eigenvalue weighted by Gasteiger charge is 2.32. The largest absolute Gasteiger partial charge is 0.375 e. The molecule has 2 aliphatic rings. The summed E-state index contributed by atoms with van der Waals surface area (Å²) in [5.74, 6) is 0.720. The number of aromatic nitrogens is 1. The fourth-order valence-corrected chi connectivity index (χ4v) is 4.32. The van der Waals surface area contributed by atoms with Gasteiger partial charge in [-0.1, -0.05) is 6.92 Å². The molecule has 1 aromatic heterocycles. The number of nitrogens with one attached hydrogen (secondary N) is 1. The normalized spacial score (nSPS) is 29.2. The Labute approximate surface area is 113 Å². The van der Waals surface area contributed by atoms with Gasteiger partial charge in [0.2, 0.25) is 0 Å². The predicted molar refractivity (Wildman–Crippen MR) is 75.8 cm³/mol. The van der Waals surface area contributed by atoms with Crippen molar-refractivity contribution in [2.75, 3.05) is 31.9 Å². The Kier molecular flexibility index (Phi) is 3.54. The number of anilines is 1. The summed E-state index contributed by atoms with van der Waals surface area (Å²) >= 11 is 1.69. The minimum Gasteiger partial charge on any atom is -0.375 e. The van der Waals surface area contributed by atoms with E-state index in [4.69, 9.17) is 5.73 Å². The zero-order chi connectivity index (χ0) is 12.5. The zero-order valence-electron chi connectivity index (χ0n) is 11.0. The molecule has 1 aromatic rings. The third-order valence-electron chi connectivity index (χ3n) is 4.21. The van der Waals surface area contributed by atoms with E-state index in [0.717, 1.165) is 24.0 Å². The second-order valence-electron chi connectivity index (χ2n) is 5.34. The fraction of sp³-hybridized carbons (Fsp3) is 0.769. The highest BCUT2D eigenvalue weighted by molar-refractivity contribution is 7.15. The van der Waals surface area contributed by atoms with Crippen LogP contribution in [0.15, 0.2) is 0 Å². The van der Waals surface area contributed by atoms with Gasteiger partial charge in [0.1, 0.15) is 0 Å². The molecule has 3 heterocycles. The third kappa shape index (κ3) is 2.27. The number of fused-ring (bicyclic) bond motifs is 1. The molecule has 0 spiro atoms. The summed E-state index contributed by atoms with van der Waals surface area (Å²) < 4.78 is 0. The summed E-state index contributed by atoms with van der Waals surface area (Å²) in [5, 5.41) is 4.42. The lowest BCUT2D eigenvalue weighted by Gasteiger charge is -2.38. The molecule has 100 valence electrons. The summed E-state index contributed by atoms with van der Waals surface area (Å²) in [6, 6.07) is 0.484. The van der Waals surface area contributed by atoms with E-state index >= 15 is 0 Å².